The lowest BCUT2D eigenvalue weighted by atomic mass is 9.94. The highest BCUT2D eigenvalue weighted by Gasteiger charge is 2.25. The standard InChI is InChI=1S/C15H13Br3O5/c1-5-7(4-23-2)9(11(17)15(22)13(5)20)6-3-8(19)14(21)12(18)10(6)16/h3,19-22H,4H2,1-2H3. The lowest BCUT2D eigenvalue weighted by Crippen LogP contribution is -1.99. The molecule has 8 heteroatoms. The topological polar surface area (TPSA) is 90.2 Å². The second-order valence-electron chi connectivity index (χ2n) is 4.84. The molecule has 124 valence electrons. The number of hydrogen-bond donors (Lipinski definition) is 4. The molecule has 0 unspecified atom stereocenters. The predicted molar refractivity (Wildman–Crippen MR) is 97.1 cm³/mol. The maximum Gasteiger partial charge on any atom is 0.173 e. The Morgan fingerprint density at radius 1 is 0.913 bits per heavy atom. The normalized spacial score (nSPS) is 11.0. The smallest absolute Gasteiger partial charge is 0.173 e. The zero-order valence-corrected chi connectivity index (χ0v) is 16.9. The average Bonchev–Trinajstić information content (AvgIpc) is 2.53. The molecular weight excluding hydrogens is 500 g/mol. The molecule has 0 saturated heterocycles. The molecule has 5 nitrogen and oxygen atoms in total. The van der Waals surface area contributed by atoms with Crippen molar-refractivity contribution in [1.82, 2.24) is 0 Å². The Balaban J connectivity index is 2.94. The molecule has 0 heterocycles. The van der Waals surface area contributed by atoms with Gasteiger partial charge in [0.15, 0.2) is 23.0 Å². The number of phenols is 4. The van der Waals surface area contributed by atoms with E-state index < -0.39 is 0 Å². The number of ether oxygens (including phenoxy) is 1. The molecule has 0 aliphatic carbocycles. The molecule has 0 aliphatic heterocycles. The Labute approximate surface area is 157 Å². The summed E-state index contributed by atoms with van der Waals surface area (Å²) in [7, 11) is 1.51. The van der Waals surface area contributed by atoms with Gasteiger partial charge >= 0.3 is 0 Å². The molecule has 0 aliphatic rings. The second-order valence-corrected chi connectivity index (χ2v) is 7.22. The molecule has 4 N–H and O–H groups in total. The van der Waals surface area contributed by atoms with Gasteiger partial charge in [-0.05, 0) is 66.3 Å². The quantitative estimate of drug-likeness (QED) is 0.438. The third-order valence-electron chi connectivity index (χ3n) is 3.48. The number of aromatic hydroxyl groups is 4. The SMILES string of the molecule is COCc1c(C)c(O)c(O)c(Br)c1-c1cc(O)c(O)c(Br)c1Br. The Hall–Kier alpha value is -0.960. The summed E-state index contributed by atoms with van der Waals surface area (Å²) in [5, 5.41) is 39.9. The summed E-state index contributed by atoms with van der Waals surface area (Å²) in [5.41, 5.74) is 2.12. The van der Waals surface area contributed by atoms with Crippen molar-refractivity contribution >= 4 is 47.8 Å². The van der Waals surface area contributed by atoms with Crippen LogP contribution >= 0.6 is 47.8 Å². The van der Waals surface area contributed by atoms with E-state index in [1.54, 1.807) is 6.92 Å². The summed E-state index contributed by atoms with van der Waals surface area (Å²) in [6.45, 7) is 1.84. The minimum absolute atomic E-state index is 0.180. The fourth-order valence-corrected chi connectivity index (χ4v) is 3.81. The average molecular weight is 513 g/mol. The molecule has 2 aromatic carbocycles. The van der Waals surface area contributed by atoms with Crippen molar-refractivity contribution in [3.63, 3.8) is 0 Å². The van der Waals surface area contributed by atoms with Gasteiger partial charge in [-0.15, -0.1) is 0 Å². The molecular formula is C15H13Br3O5. The molecule has 0 atom stereocenters. The van der Waals surface area contributed by atoms with Crippen LogP contribution in [0, 0.1) is 6.92 Å². The van der Waals surface area contributed by atoms with Gasteiger partial charge in [0.2, 0.25) is 0 Å². The van der Waals surface area contributed by atoms with Crippen LogP contribution in [0.5, 0.6) is 23.0 Å². The van der Waals surface area contributed by atoms with Crippen LogP contribution in [0.3, 0.4) is 0 Å². The van der Waals surface area contributed by atoms with Crippen molar-refractivity contribution < 1.29 is 25.2 Å². The summed E-state index contributed by atoms with van der Waals surface area (Å²) in [6, 6.07) is 1.36. The molecule has 2 rings (SSSR count). The third-order valence-corrected chi connectivity index (χ3v) is 6.38. The van der Waals surface area contributed by atoms with Crippen LogP contribution in [-0.4, -0.2) is 27.5 Å². The van der Waals surface area contributed by atoms with Crippen molar-refractivity contribution in [3.8, 4) is 34.1 Å². The van der Waals surface area contributed by atoms with E-state index in [-0.39, 0.29) is 38.6 Å². The number of rotatable bonds is 3. The molecule has 23 heavy (non-hydrogen) atoms. The molecule has 2 aromatic rings. The first-order valence-electron chi connectivity index (χ1n) is 6.34. The first-order valence-corrected chi connectivity index (χ1v) is 8.72. The van der Waals surface area contributed by atoms with E-state index in [0.717, 1.165) is 0 Å². The fraction of sp³-hybridized carbons (Fsp3) is 0.200. The van der Waals surface area contributed by atoms with E-state index in [4.69, 9.17) is 4.74 Å². The first kappa shape index (κ1) is 18.4. The van der Waals surface area contributed by atoms with Crippen molar-refractivity contribution in [2.75, 3.05) is 7.11 Å². The summed E-state index contributed by atoms with van der Waals surface area (Å²) in [5.74, 6) is -1.18. The highest BCUT2D eigenvalue weighted by Crippen LogP contribution is 2.51. The number of benzene rings is 2. The monoisotopic (exact) mass is 510 g/mol. The second kappa shape index (κ2) is 6.88. The van der Waals surface area contributed by atoms with Gasteiger partial charge in [-0.1, -0.05) is 0 Å². The highest BCUT2D eigenvalue weighted by molar-refractivity contribution is 9.13. The lowest BCUT2D eigenvalue weighted by Gasteiger charge is -2.19. The fourth-order valence-electron chi connectivity index (χ4n) is 2.25. The van der Waals surface area contributed by atoms with Crippen LogP contribution in [0.4, 0.5) is 0 Å². The van der Waals surface area contributed by atoms with E-state index in [1.165, 1.54) is 13.2 Å². The zero-order chi connectivity index (χ0) is 17.5. The van der Waals surface area contributed by atoms with Crippen molar-refractivity contribution in [3.05, 3.63) is 30.6 Å². The summed E-state index contributed by atoms with van der Waals surface area (Å²) < 4.78 is 6.20. The van der Waals surface area contributed by atoms with Crippen LogP contribution in [0.2, 0.25) is 0 Å². The van der Waals surface area contributed by atoms with Crippen molar-refractivity contribution in [1.29, 1.82) is 0 Å². The number of methoxy groups -OCH3 is 1. The minimum atomic E-state index is -0.324. The van der Waals surface area contributed by atoms with Crippen LogP contribution in [-0.2, 0) is 11.3 Å². The van der Waals surface area contributed by atoms with Crippen molar-refractivity contribution in [2.24, 2.45) is 0 Å². The first-order chi connectivity index (χ1) is 10.7. The summed E-state index contributed by atoms with van der Waals surface area (Å²) >= 11 is 9.85. The molecule has 0 bridgehead atoms. The Bertz CT molecular complexity index is 790. The van der Waals surface area contributed by atoms with Gasteiger partial charge in [-0.25, -0.2) is 0 Å². The van der Waals surface area contributed by atoms with E-state index in [1.807, 2.05) is 0 Å². The van der Waals surface area contributed by atoms with Crippen molar-refractivity contribution in [2.45, 2.75) is 13.5 Å². The number of hydrogen-bond acceptors (Lipinski definition) is 5. The van der Waals surface area contributed by atoms with E-state index >= 15 is 0 Å². The predicted octanol–water partition coefficient (Wildman–Crippen LogP) is 4.92. The van der Waals surface area contributed by atoms with Gasteiger partial charge in [0, 0.05) is 28.3 Å². The molecule has 0 amide bonds. The van der Waals surface area contributed by atoms with Crippen LogP contribution in [0.25, 0.3) is 11.1 Å². The zero-order valence-electron chi connectivity index (χ0n) is 12.1. The van der Waals surface area contributed by atoms with Gasteiger partial charge in [0.1, 0.15) is 0 Å². The van der Waals surface area contributed by atoms with Crippen LogP contribution < -0.4 is 0 Å². The van der Waals surface area contributed by atoms with Gasteiger partial charge in [0.05, 0.1) is 15.6 Å². The summed E-state index contributed by atoms with van der Waals surface area (Å²) in [6.07, 6.45) is 0. The maximum atomic E-state index is 10.1. The molecule has 0 fully saturated rings. The largest absolute Gasteiger partial charge is 0.504 e. The van der Waals surface area contributed by atoms with Crippen LogP contribution in [0.15, 0.2) is 19.5 Å². The Kier molecular flexibility index (Phi) is 5.50. The van der Waals surface area contributed by atoms with Gasteiger partial charge in [0.25, 0.3) is 0 Å². The summed E-state index contributed by atoms with van der Waals surface area (Å²) in [4.78, 5) is 0. The van der Waals surface area contributed by atoms with Gasteiger partial charge in [-0.3, -0.25) is 0 Å². The number of halogens is 3. The van der Waals surface area contributed by atoms with Gasteiger partial charge in [-0.2, -0.15) is 0 Å². The van der Waals surface area contributed by atoms with E-state index in [9.17, 15) is 20.4 Å². The maximum absolute atomic E-state index is 10.1. The number of phenolic OH excluding ortho intramolecular Hbond substituents is 4. The molecule has 0 saturated carbocycles. The third kappa shape index (κ3) is 3.05. The molecule has 0 radical (unpaired) electrons. The highest BCUT2D eigenvalue weighted by atomic mass is 79.9. The minimum Gasteiger partial charge on any atom is -0.504 e. The Morgan fingerprint density at radius 3 is 2.09 bits per heavy atom. The molecule has 0 aromatic heterocycles. The van der Waals surface area contributed by atoms with E-state index in [2.05, 4.69) is 47.8 Å². The van der Waals surface area contributed by atoms with Gasteiger partial charge < -0.3 is 25.2 Å². The van der Waals surface area contributed by atoms with Crippen LogP contribution in [0.1, 0.15) is 11.1 Å². The Morgan fingerprint density at radius 2 is 1.52 bits per heavy atom. The van der Waals surface area contributed by atoms with E-state index in [0.29, 0.717) is 26.7 Å². The lowest BCUT2D eigenvalue weighted by molar-refractivity contribution is 0.184. The molecule has 0 spiro atoms.